The van der Waals surface area contributed by atoms with Gasteiger partial charge in [-0.3, -0.25) is 0 Å². The maximum atomic E-state index is 5.01. The Morgan fingerprint density at radius 3 is 1.42 bits per heavy atom. The Balaban J connectivity index is 1.10. The van der Waals surface area contributed by atoms with Gasteiger partial charge in [0.15, 0.2) is 17.5 Å². The Hall–Kier alpha value is -8.09. The van der Waals surface area contributed by atoms with Gasteiger partial charge < -0.3 is 13.7 Å². The highest BCUT2D eigenvalue weighted by Crippen LogP contribution is 2.44. The molecule has 4 aromatic heterocycles. The number of hydrogen-bond acceptors (Lipinski definition) is 3. The summed E-state index contributed by atoms with van der Waals surface area (Å²) in [6, 6.07) is 70.4. The van der Waals surface area contributed by atoms with E-state index in [4.69, 9.17) is 15.0 Å². The third-order valence-corrected chi connectivity index (χ3v) is 11.5. The third-order valence-electron chi connectivity index (χ3n) is 11.5. The van der Waals surface area contributed by atoms with Crippen molar-refractivity contribution >= 4 is 54.5 Å². The van der Waals surface area contributed by atoms with Crippen LogP contribution in [0.3, 0.4) is 0 Å². The summed E-state index contributed by atoms with van der Waals surface area (Å²) in [5.74, 6) is 1.92. The van der Waals surface area contributed by atoms with E-state index in [1.165, 1.54) is 43.5 Å². The van der Waals surface area contributed by atoms with Crippen LogP contribution < -0.4 is 0 Å². The Morgan fingerprint density at radius 1 is 0.288 bits per heavy atom. The maximum Gasteiger partial charge on any atom is 0.164 e. The van der Waals surface area contributed by atoms with E-state index in [-0.39, 0.29) is 0 Å². The Bertz CT molecular complexity index is 3450. The number of para-hydroxylation sites is 3. The Kier molecular flexibility index (Phi) is 7.43. The van der Waals surface area contributed by atoms with Gasteiger partial charge in [0.1, 0.15) is 0 Å². The molecule has 0 aliphatic heterocycles. The molecule has 8 aromatic carbocycles. The highest BCUT2D eigenvalue weighted by Gasteiger charge is 2.23. The van der Waals surface area contributed by atoms with Crippen LogP contribution in [0.25, 0.3) is 106 Å². The quantitative estimate of drug-likeness (QED) is 0.170. The van der Waals surface area contributed by atoms with E-state index < -0.39 is 0 Å². The summed E-state index contributed by atoms with van der Waals surface area (Å²) in [6.45, 7) is 0. The van der Waals surface area contributed by atoms with Crippen molar-refractivity contribution in [1.82, 2.24) is 28.7 Å². The molecule has 0 aliphatic carbocycles. The monoisotopic (exact) mass is 754 g/mol. The molecule has 0 spiro atoms. The van der Waals surface area contributed by atoms with Crippen LogP contribution in [0.2, 0.25) is 0 Å². The van der Waals surface area contributed by atoms with Crippen molar-refractivity contribution in [1.29, 1.82) is 0 Å². The molecule has 276 valence electrons. The Labute approximate surface area is 339 Å². The van der Waals surface area contributed by atoms with E-state index >= 15 is 0 Å². The van der Waals surface area contributed by atoms with Crippen LogP contribution in [-0.4, -0.2) is 28.7 Å². The molecule has 59 heavy (non-hydrogen) atoms. The second kappa shape index (κ2) is 13.3. The molecule has 0 N–H and O–H groups in total. The Morgan fingerprint density at radius 2 is 0.780 bits per heavy atom. The molecular formula is C53H34N6. The smallest absolute Gasteiger partial charge is 0.164 e. The third kappa shape index (κ3) is 5.24. The lowest BCUT2D eigenvalue weighted by Crippen LogP contribution is -2.00. The standard InChI is InChI=1S/C53H34N6/c1-5-15-35(16-6-1)51-54-52(36-17-7-2-8-18-36)56-53(55-51)37-25-27-40(28-26-37)58-46-24-14-13-23-41(46)42-29-32-47-48(50(42)58)44-30-31-45-43(33-34-57(45)38-19-9-3-10-20-38)49(44)59(47)39-21-11-4-12-22-39/h1-34H. The van der Waals surface area contributed by atoms with Crippen molar-refractivity contribution in [2.24, 2.45) is 0 Å². The van der Waals surface area contributed by atoms with Crippen LogP contribution in [0.5, 0.6) is 0 Å². The minimum absolute atomic E-state index is 0.631. The molecule has 12 rings (SSSR count). The fraction of sp³-hybridized carbons (Fsp3) is 0. The first-order valence-electron chi connectivity index (χ1n) is 19.9. The summed E-state index contributed by atoms with van der Waals surface area (Å²) in [5, 5.41) is 6.05. The van der Waals surface area contributed by atoms with Crippen molar-refractivity contribution in [2.75, 3.05) is 0 Å². The lowest BCUT2D eigenvalue weighted by molar-refractivity contribution is 1.07. The lowest BCUT2D eigenvalue weighted by Gasteiger charge is -2.12. The summed E-state index contributed by atoms with van der Waals surface area (Å²) >= 11 is 0. The van der Waals surface area contributed by atoms with E-state index in [0.717, 1.165) is 44.8 Å². The van der Waals surface area contributed by atoms with E-state index in [1.807, 2.05) is 60.7 Å². The van der Waals surface area contributed by atoms with Gasteiger partial charge in [0.25, 0.3) is 0 Å². The lowest BCUT2D eigenvalue weighted by atomic mass is 10.1. The van der Waals surface area contributed by atoms with Crippen LogP contribution in [-0.2, 0) is 0 Å². The summed E-state index contributed by atoms with van der Waals surface area (Å²) in [7, 11) is 0. The zero-order valence-electron chi connectivity index (χ0n) is 31.8. The highest BCUT2D eigenvalue weighted by molar-refractivity contribution is 6.29. The SMILES string of the molecule is c1ccc(-c2nc(-c3ccccc3)nc(-c3ccc(-n4c5ccccc5c5ccc6c(c7ccc8c(ccn8-c8ccccc8)c7n6-c6ccccc6)c54)cc3)n2)cc1. The molecule has 0 bridgehead atoms. The first kappa shape index (κ1) is 33.1. The predicted octanol–water partition coefficient (Wildman–Crippen LogP) is 13.0. The zero-order valence-corrected chi connectivity index (χ0v) is 31.8. The molecule has 0 saturated heterocycles. The van der Waals surface area contributed by atoms with E-state index in [1.54, 1.807) is 0 Å². The van der Waals surface area contributed by atoms with Crippen molar-refractivity contribution in [3.63, 3.8) is 0 Å². The van der Waals surface area contributed by atoms with Crippen LogP contribution in [0.15, 0.2) is 206 Å². The van der Waals surface area contributed by atoms with Crippen molar-refractivity contribution < 1.29 is 0 Å². The minimum atomic E-state index is 0.631. The van der Waals surface area contributed by atoms with Crippen LogP contribution in [0.1, 0.15) is 0 Å². The number of nitrogens with zero attached hydrogens (tertiary/aromatic N) is 6. The molecule has 0 fully saturated rings. The first-order valence-corrected chi connectivity index (χ1v) is 19.9. The summed E-state index contributed by atoms with van der Waals surface area (Å²) in [5.41, 5.74) is 12.0. The van der Waals surface area contributed by atoms with Crippen molar-refractivity contribution in [3.05, 3.63) is 206 Å². The normalized spacial score (nSPS) is 11.7. The molecule has 0 saturated carbocycles. The highest BCUT2D eigenvalue weighted by atomic mass is 15.0. The number of aromatic nitrogens is 6. The molecule has 0 aliphatic rings. The number of fused-ring (bicyclic) bond motifs is 9. The first-order chi connectivity index (χ1) is 29.3. The second-order valence-electron chi connectivity index (χ2n) is 14.9. The molecule has 4 heterocycles. The molecule has 6 nitrogen and oxygen atoms in total. The van der Waals surface area contributed by atoms with E-state index in [9.17, 15) is 0 Å². The largest absolute Gasteiger partial charge is 0.316 e. The second-order valence-corrected chi connectivity index (χ2v) is 14.9. The summed E-state index contributed by atoms with van der Waals surface area (Å²) in [4.78, 5) is 14.9. The van der Waals surface area contributed by atoms with Gasteiger partial charge in [-0.2, -0.15) is 0 Å². The molecule has 0 unspecified atom stereocenters. The zero-order chi connectivity index (χ0) is 38.9. The number of benzene rings is 8. The van der Waals surface area contributed by atoms with Gasteiger partial charge in [-0.15, -0.1) is 0 Å². The minimum Gasteiger partial charge on any atom is -0.316 e. The van der Waals surface area contributed by atoms with Gasteiger partial charge in [-0.1, -0.05) is 121 Å². The molecule has 12 aromatic rings. The molecule has 0 amide bonds. The fourth-order valence-electron chi connectivity index (χ4n) is 8.89. The van der Waals surface area contributed by atoms with Gasteiger partial charge in [0.2, 0.25) is 0 Å². The summed E-state index contributed by atoms with van der Waals surface area (Å²) in [6.07, 6.45) is 2.19. The van der Waals surface area contributed by atoms with Gasteiger partial charge in [0.05, 0.1) is 27.6 Å². The van der Waals surface area contributed by atoms with Gasteiger partial charge >= 0.3 is 0 Å². The van der Waals surface area contributed by atoms with Crippen LogP contribution in [0.4, 0.5) is 0 Å². The average Bonchev–Trinajstić information content (AvgIpc) is 4.00. The molecule has 0 radical (unpaired) electrons. The molecule has 6 heteroatoms. The number of rotatable bonds is 6. The topological polar surface area (TPSA) is 53.5 Å². The fourth-order valence-corrected chi connectivity index (χ4v) is 8.89. The molecular weight excluding hydrogens is 721 g/mol. The van der Waals surface area contributed by atoms with Crippen molar-refractivity contribution in [2.45, 2.75) is 0 Å². The van der Waals surface area contributed by atoms with E-state index in [0.29, 0.717) is 17.5 Å². The number of hydrogen-bond donors (Lipinski definition) is 0. The van der Waals surface area contributed by atoms with Crippen LogP contribution >= 0.6 is 0 Å². The summed E-state index contributed by atoms with van der Waals surface area (Å²) < 4.78 is 7.17. The molecule has 0 atom stereocenters. The van der Waals surface area contributed by atoms with Gasteiger partial charge in [-0.25, -0.2) is 15.0 Å². The maximum absolute atomic E-state index is 5.01. The van der Waals surface area contributed by atoms with Gasteiger partial charge in [0, 0.05) is 66.9 Å². The predicted molar refractivity (Wildman–Crippen MR) is 242 cm³/mol. The van der Waals surface area contributed by atoms with Crippen LogP contribution in [0, 0.1) is 0 Å². The van der Waals surface area contributed by atoms with E-state index in [2.05, 4.69) is 159 Å². The van der Waals surface area contributed by atoms with Gasteiger partial charge in [-0.05, 0) is 78.9 Å². The average molecular weight is 755 g/mol. The van der Waals surface area contributed by atoms with Crippen molar-refractivity contribution in [3.8, 4) is 51.2 Å².